The molecule has 0 saturated carbocycles. The molecular formula is C20H29F3N4O2S. The Morgan fingerprint density at radius 3 is 2.40 bits per heavy atom. The Labute approximate surface area is 176 Å². The zero-order chi connectivity index (χ0) is 21.8. The van der Waals surface area contributed by atoms with Crippen molar-refractivity contribution in [2.45, 2.75) is 37.6 Å². The van der Waals surface area contributed by atoms with Gasteiger partial charge >= 0.3 is 15.5 Å². The van der Waals surface area contributed by atoms with Crippen LogP contribution in [0.15, 0.2) is 35.3 Å². The molecule has 6 nitrogen and oxygen atoms in total. The van der Waals surface area contributed by atoms with E-state index in [9.17, 15) is 21.6 Å². The molecule has 0 bridgehead atoms. The van der Waals surface area contributed by atoms with Gasteiger partial charge in [0.05, 0.1) is 0 Å². The standard InChI is InChI=1S/C20H29F3N4O2S/c1-2-24-19(26-11-10-18(15-26)17-6-4-3-5-7-17)25-14-16-8-12-27(13-9-16)30(28,29)20(21,22)23/h3-7,16,18H,2,8-15H2,1H3,(H,24,25). The summed E-state index contributed by atoms with van der Waals surface area (Å²) >= 11 is 0. The third kappa shape index (κ3) is 5.26. The van der Waals surface area contributed by atoms with Crippen LogP contribution in [0.1, 0.15) is 37.7 Å². The first-order valence-corrected chi connectivity index (χ1v) is 11.8. The summed E-state index contributed by atoms with van der Waals surface area (Å²) in [6.45, 7) is 4.76. The molecule has 0 amide bonds. The zero-order valence-corrected chi connectivity index (χ0v) is 17.9. The maximum absolute atomic E-state index is 12.7. The lowest BCUT2D eigenvalue weighted by molar-refractivity contribution is -0.0496. The van der Waals surface area contributed by atoms with Crippen LogP contribution in [0.5, 0.6) is 0 Å². The molecule has 0 aromatic heterocycles. The topological polar surface area (TPSA) is 65.0 Å². The van der Waals surface area contributed by atoms with Gasteiger partial charge in [-0.2, -0.15) is 17.5 Å². The number of rotatable bonds is 5. The molecule has 168 valence electrons. The molecule has 1 N–H and O–H groups in total. The molecule has 2 aliphatic heterocycles. The van der Waals surface area contributed by atoms with Crippen LogP contribution in [-0.2, 0) is 10.0 Å². The number of aliphatic imine (C=N–C) groups is 1. The van der Waals surface area contributed by atoms with E-state index in [-0.39, 0.29) is 19.0 Å². The van der Waals surface area contributed by atoms with Crippen molar-refractivity contribution in [3.8, 4) is 0 Å². The largest absolute Gasteiger partial charge is 0.511 e. The first-order valence-electron chi connectivity index (χ1n) is 10.4. The van der Waals surface area contributed by atoms with Gasteiger partial charge in [-0.1, -0.05) is 30.3 Å². The highest BCUT2D eigenvalue weighted by atomic mass is 32.2. The number of nitrogens with zero attached hydrogens (tertiary/aromatic N) is 3. The van der Waals surface area contributed by atoms with E-state index in [4.69, 9.17) is 4.99 Å². The smallest absolute Gasteiger partial charge is 0.357 e. The molecule has 1 unspecified atom stereocenters. The van der Waals surface area contributed by atoms with Crippen molar-refractivity contribution < 1.29 is 21.6 Å². The van der Waals surface area contributed by atoms with Crippen molar-refractivity contribution in [1.82, 2.24) is 14.5 Å². The van der Waals surface area contributed by atoms with Crippen molar-refractivity contribution in [3.63, 3.8) is 0 Å². The Hall–Kier alpha value is -1.81. The third-order valence-corrected chi connectivity index (χ3v) is 7.43. The fourth-order valence-electron chi connectivity index (χ4n) is 4.07. The summed E-state index contributed by atoms with van der Waals surface area (Å²) in [6.07, 6.45) is 1.80. The van der Waals surface area contributed by atoms with Crippen LogP contribution in [0, 0.1) is 5.92 Å². The van der Waals surface area contributed by atoms with Gasteiger partial charge in [-0.15, -0.1) is 0 Å². The van der Waals surface area contributed by atoms with Crippen LogP contribution in [0.2, 0.25) is 0 Å². The van der Waals surface area contributed by atoms with Gasteiger partial charge in [-0.3, -0.25) is 4.99 Å². The van der Waals surface area contributed by atoms with Crippen molar-refractivity contribution >= 4 is 16.0 Å². The Kier molecular flexibility index (Phi) is 7.28. The molecule has 2 aliphatic rings. The molecule has 2 fully saturated rings. The number of benzene rings is 1. The maximum atomic E-state index is 12.7. The van der Waals surface area contributed by atoms with E-state index in [1.165, 1.54) is 5.56 Å². The summed E-state index contributed by atoms with van der Waals surface area (Å²) in [5, 5.41) is 3.31. The third-order valence-electron chi connectivity index (χ3n) is 5.80. The molecule has 0 radical (unpaired) electrons. The van der Waals surface area contributed by atoms with E-state index in [0.717, 1.165) is 32.0 Å². The number of hydrogen-bond acceptors (Lipinski definition) is 3. The second-order valence-corrected chi connectivity index (χ2v) is 9.76. The molecule has 1 aromatic rings. The second-order valence-electron chi connectivity index (χ2n) is 7.83. The second kappa shape index (κ2) is 9.55. The summed E-state index contributed by atoms with van der Waals surface area (Å²) in [5.41, 5.74) is -3.92. The van der Waals surface area contributed by atoms with Crippen molar-refractivity contribution in [3.05, 3.63) is 35.9 Å². The quantitative estimate of drug-likeness (QED) is 0.558. The normalized spacial score (nSPS) is 22.5. The van der Waals surface area contributed by atoms with E-state index >= 15 is 0 Å². The summed E-state index contributed by atoms with van der Waals surface area (Å²) in [5.74, 6) is 1.35. The monoisotopic (exact) mass is 446 g/mol. The molecule has 2 heterocycles. The van der Waals surface area contributed by atoms with Crippen LogP contribution in [0.25, 0.3) is 0 Å². The van der Waals surface area contributed by atoms with Crippen LogP contribution in [-0.4, -0.2) is 68.4 Å². The number of likely N-dealkylation sites (tertiary alicyclic amines) is 1. The molecule has 3 rings (SSSR count). The minimum atomic E-state index is -5.23. The highest BCUT2D eigenvalue weighted by molar-refractivity contribution is 7.90. The molecular weight excluding hydrogens is 417 g/mol. The number of sulfonamides is 1. The van der Waals surface area contributed by atoms with Gasteiger partial charge in [0.15, 0.2) is 5.96 Å². The predicted molar refractivity (Wildman–Crippen MR) is 111 cm³/mol. The Morgan fingerprint density at radius 1 is 1.13 bits per heavy atom. The van der Waals surface area contributed by atoms with Crippen LogP contribution < -0.4 is 5.32 Å². The lowest BCUT2D eigenvalue weighted by atomic mass is 9.98. The van der Waals surface area contributed by atoms with Gasteiger partial charge in [0.25, 0.3) is 0 Å². The lowest BCUT2D eigenvalue weighted by Crippen LogP contribution is -2.45. The highest BCUT2D eigenvalue weighted by Gasteiger charge is 2.50. The Bertz CT molecular complexity index is 822. The van der Waals surface area contributed by atoms with Gasteiger partial charge in [0, 0.05) is 45.2 Å². The van der Waals surface area contributed by atoms with Crippen LogP contribution >= 0.6 is 0 Å². The predicted octanol–water partition coefficient (Wildman–Crippen LogP) is 3.00. The van der Waals surface area contributed by atoms with Crippen LogP contribution in [0.4, 0.5) is 13.2 Å². The summed E-state index contributed by atoms with van der Waals surface area (Å²) in [6, 6.07) is 10.4. The van der Waals surface area contributed by atoms with Crippen molar-refractivity contribution in [2.75, 3.05) is 39.3 Å². The van der Waals surface area contributed by atoms with E-state index in [1.807, 2.05) is 25.1 Å². The van der Waals surface area contributed by atoms with Crippen LogP contribution in [0.3, 0.4) is 0 Å². The number of halogens is 3. The average molecular weight is 447 g/mol. The first kappa shape index (κ1) is 22.9. The molecule has 2 saturated heterocycles. The molecule has 0 spiro atoms. The van der Waals surface area contributed by atoms with E-state index < -0.39 is 15.5 Å². The minimum absolute atomic E-state index is 0.0749. The minimum Gasteiger partial charge on any atom is -0.357 e. The number of piperidine rings is 1. The zero-order valence-electron chi connectivity index (χ0n) is 17.1. The number of nitrogens with one attached hydrogen (secondary N) is 1. The summed E-state index contributed by atoms with van der Waals surface area (Å²) in [7, 11) is -5.23. The maximum Gasteiger partial charge on any atom is 0.511 e. The van der Waals surface area contributed by atoms with Gasteiger partial charge in [-0.05, 0) is 37.7 Å². The molecule has 1 atom stereocenters. The molecule has 0 aliphatic carbocycles. The van der Waals surface area contributed by atoms with Crippen molar-refractivity contribution in [1.29, 1.82) is 0 Å². The Morgan fingerprint density at radius 2 is 1.80 bits per heavy atom. The number of alkyl halides is 3. The SMILES string of the molecule is CCNC(=NCC1CCN(S(=O)(=O)C(F)(F)F)CC1)N1CCC(c2ccccc2)C1. The average Bonchev–Trinajstić information content (AvgIpc) is 3.21. The fourth-order valence-corrected chi connectivity index (χ4v) is 5.05. The Balaban J connectivity index is 1.56. The molecule has 1 aromatic carbocycles. The number of guanidine groups is 1. The van der Waals surface area contributed by atoms with Gasteiger partial charge in [0.2, 0.25) is 0 Å². The molecule has 10 heteroatoms. The summed E-state index contributed by atoms with van der Waals surface area (Å²) in [4.78, 5) is 6.95. The van der Waals surface area contributed by atoms with E-state index in [0.29, 0.717) is 29.6 Å². The highest BCUT2D eigenvalue weighted by Crippen LogP contribution is 2.31. The van der Waals surface area contributed by atoms with Crippen molar-refractivity contribution in [2.24, 2.45) is 10.9 Å². The van der Waals surface area contributed by atoms with Gasteiger partial charge in [-0.25, -0.2) is 8.42 Å². The lowest BCUT2D eigenvalue weighted by Gasteiger charge is -2.31. The van der Waals surface area contributed by atoms with E-state index in [1.54, 1.807) is 0 Å². The van der Waals surface area contributed by atoms with Gasteiger partial charge in [0.1, 0.15) is 0 Å². The summed E-state index contributed by atoms with van der Waals surface area (Å²) < 4.78 is 61.8. The van der Waals surface area contributed by atoms with E-state index in [2.05, 4.69) is 22.3 Å². The first-order chi connectivity index (χ1) is 14.2. The number of hydrogen-bond donors (Lipinski definition) is 1. The van der Waals surface area contributed by atoms with Gasteiger partial charge < -0.3 is 10.2 Å². The fraction of sp³-hybridized carbons (Fsp3) is 0.650. The molecule has 30 heavy (non-hydrogen) atoms.